The third-order valence-corrected chi connectivity index (χ3v) is 3.18. The predicted octanol–water partition coefficient (Wildman–Crippen LogP) is 2.43. The van der Waals surface area contributed by atoms with E-state index in [1.807, 2.05) is 0 Å². The van der Waals surface area contributed by atoms with Crippen LogP contribution in [-0.4, -0.2) is 17.1 Å². The first-order valence-corrected chi connectivity index (χ1v) is 5.86. The van der Waals surface area contributed by atoms with Gasteiger partial charge in [-0.2, -0.15) is 0 Å². The summed E-state index contributed by atoms with van der Waals surface area (Å²) in [5.74, 6) is -1.11. The maximum atomic E-state index is 13.2. The molecule has 0 bridgehead atoms. The summed E-state index contributed by atoms with van der Waals surface area (Å²) in [7, 11) is 0. The zero-order valence-electron chi connectivity index (χ0n) is 9.12. The van der Waals surface area contributed by atoms with Gasteiger partial charge in [0.1, 0.15) is 11.9 Å². The fraction of sp³-hybridized carbons (Fsp3) is 0.417. The van der Waals surface area contributed by atoms with Crippen molar-refractivity contribution in [3.63, 3.8) is 0 Å². The molecule has 1 unspecified atom stereocenters. The second-order valence-electron chi connectivity index (χ2n) is 4.28. The largest absolute Gasteiger partial charge is 0.480 e. The number of hydrogen-bond acceptors (Lipinski definition) is 2. The number of hydrogen-bond donors (Lipinski definition) is 2. The highest BCUT2D eigenvalue weighted by atomic mass is 35.5. The number of nitrogens with one attached hydrogen (secondary N) is 1. The molecule has 0 radical (unpaired) electrons. The lowest BCUT2D eigenvalue weighted by molar-refractivity contribution is -0.140. The molecule has 2 N–H and O–H groups in total. The van der Waals surface area contributed by atoms with E-state index in [0.717, 1.165) is 12.8 Å². The Balaban J connectivity index is 1.96. The van der Waals surface area contributed by atoms with Gasteiger partial charge >= 0.3 is 5.97 Å². The molecule has 1 aliphatic carbocycles. The molecule has 0 spiro atoms. The quantitative estimate of drug-likeness (QED) is 0.852. The molecular weight excluding hydrogens is 245 g/mol. The Labute approximate surface area is 104 Å². The summed E-state index contributed by atoms with van der Waals surface area (Å²) in [6, 6.07) is 3.94. The van der Waals surface area contributed by atoms with E-state index in [0.29, 0.717) is 12.1 Å². The normalized spacial score (nSPS) is 16.8. The predicted molar refractivity (Wildman–Crippen MR) is 62.4 cm³/mol. The van der Waals surface area contributed by atoms with Crippen molar-refractivity contribution >= 4 is 17.6 Å². The smallest absolute Gasteiger partial charge is 0.320 e. The van der Waals surface area contributed by atoms with E-state index in [2.05, 4.69) is 5.32 Å². The number of benzene rings is 1. The molecule has 5 heteroatoms. The lowest BCUT2D eigenvalue weighted by Crippen LogP contribution is -2.38. The van der Waals surface area contributed by atoms with Crippen LogP contribution >= 0.6 is 11.6 Å². The summed E-state index contributed by atoms with van der Waals surface area (Å²) in [6.07, 6.45) is 1.89. The van der Waals surface area contributed by atoms with Crippen LogP contribution in [0.2, 0.25) is 5.02 Å². The van der Waals surface area contributed by atoms with E-state index in [-0.39, 0.29) is 10.9 Å². The van der Waals surface area contributed by atoms with Crippen LogP contribution in [0.5, 0.6) is 0 Å². The molecule has 1 fully saturated rings. The molecule has 1 atom stereocenters. The van der Waals surface area contributed by atoms with Crippen LogP contribution in [0.4, 0.5) is 4.39 Å². The van der Waals surface area contributed by atoms with Gasteiger partial charge in [-0.25, -0.2) is 4.39 Å². The van der Waals surface area contributed by atoms with Crippen LogP contribution in [0.1, 0.15) is 18.4 Å². The molecular formula is C12H13ClFNO2. The van der Waals surface area contributed by atoms with E-state index in [1.54, 1.807) is 6.07 Å². The zero-order valence-corrected chi connectivity index (χ0v) is 9.88. The van der Waals surface area contributed by atoms with Gasteiger partial charge in [-0.1, -0.05) is 17.7 Å². The van der Waals surface area contributed by atoms with Gasteiger partial charge in [0.05, 0.1) is 5.02 Å². The number of carbonyl (C=O) groups is 1. The molecule has 17 heavy (non-hydrogen) atoms. The number of rotatable bonds is 5. The molecule has 3 nitrogen and oxygen atoms in total. The van der Waals surface area contributed by atoms with Gasteiger partial charge in [0.25, 0.3) is 0 Å². The molecule has 2 rings (SSSR count). The standard InChI is InChI=1S/C12H13ClFNO2/c13-9-4-1-7(5-10(9)14)6-15-11(12(16)17)8-2-3-8/h1,4-5,8,11,15H,2-3,6H2,(H,16,17). The molecule has 1 aromatic carbocycles. The Morgan fingerprint density at radius 1 is 1.59 bits per heavy atom. The van der Waals surface area contributed by atoms with Gasteiger partial charge in [-0.15, -0.1) is 0 Å². The van der Waals surface area contributed by atoms with Gasteiger partial charge in [0.2, 0.25) is 0 Å². The molecule has 0 saturated heterocycles. The lowest BCUT2D eigenvalue weighted by Gasteiger charge is -2.13. The first-order valence-electron chi connectivity index (χ1n) is 5.48. The minimum absolute atomic E-state index is 0.0747. The first-order chi connectivity index (χ1) is 8.08. The summed E-state index contributed by atoms with van der Waals surface area (Å²) in [5, 5.41) is 12.0. The van der Waals surface area contributed by atoms with Gasteiger partial charge in [0, 0.05) is 6.54 Å². The SMILES string of the molecule is O=C(O)C(NCc1ccc(Cl)c(F)c1)C1CC1. The van der Waals surface area contributed by atoms with Gasteiger partial charge in [-0.05, 0) is 36.5 Å². The molecule has 1 saturated carbocycles. The molecule has 0 amide bonds. The fourth-order valence-electron chi connectivity index (χ4n) is 1.76. The van der Waals surface area contributed by atoms with Crippen LogP contribution < -0.4 is 5.32 Å². The van der Waals surface area contributed by atoms with Crippen LogP contribution in [-0.2, 0) is 11.3 Å². The summed E-state index contributed by atoms with van der Waals surface area (Å²) in [4.78, 5) is 11.0. The average molecular weight is 258 g/mol. The minimum Gasteiger partial charge on any atom is -0.480 e. The number of halogens is 2. The monoisotopic (exact) mass is 257 g/mol. The second kappa shape index (κ2) is 5.02. The van der Waals surface area contributed by atoms with Crippen molar-refractivity contribution in [1.82, 2.24) is 5.32 Å². The maximum absolute atomic E-state index is 13.2. The van der Waals surface area contributed by atoms with E-state index >= 15 is 0 Å². The topological polar surface area (TPSA) is 49.3 Å². The number of carboxylic acids is 1. The molecule has 92 valence electrons. The van der Waals surface area contributed by atoms with E-state index in [9.17, 15) is 9.18 Å². The molecule has 0 heterocycles. The lowest BCUT2D eigenvalue weighted by atomic mass is 10.1. The van der Waals surface area contributed by atoms with Crippen LogP contribution in [0, 0.1) is 11.7 Å². The van der Waals surface area contributed by atoms with Crippen molar-refractivity contribution in [3.05, 3.63) is 34.6 Å². The van der Waals surface area contributed by atoms with Crippen molar-refractivity contribution in [3.8, 4) is 0 Å². The van der Waals surface area contributed by atoms with Crippen molar-refractivity contribution in [2.45, 2.75) is 25.4 Å². The summed E-state index contributed by atoms with van der Waals surface area (Å²) >= 11 is 5.56. The molecule has 1 aliphatic rings. The average Bonchev–Trinajstić information content (AvgIpc) is 3.07. The van der Waals surface area contributed by atoms with Crippen LogP contribution in [0.3, 0.4) is 0 Å². The Hall–Kier alpha value is -1.13. The van der Waals surface area contributed by atoms with Crippen LogP contribution in [0.15, 0.2) is 18.2 Å². The van der Waals surface area contributed by atoms with Crippen molar-refractivity contribution < 1.29 is 14.3 Å². The fourth-order valence-corrected chi connectivity index (χ4v) is 1.88. The van der Waals surface area contributed by atoms with Crippen molar-refractivity contribution in [2.75, 3.05) is 0 Å². The van der Waals surface area contributed by atoms with Gasteiger partial charge in [0.15, 0.2) is 0 Å². The van der Waals surface area contributed by atoms with E-state index in [4.69, 9.17) is 16.7 Å². The van der Waals surface area contributed by atoms with E-state index < -0.39 is 17.8 Å². The highest BCUT2D eigenvalue weighted by molar-refractivity contribution is 6.30. The summed E-state index contributed by atoms with van der Waals surface area (Å²) in [6.45, 7) is 0.335. The first kappa shape index (κ1) is 12.3. The van der Waals surface area contributed by atoms with Crippen molar-refractivity contribution in [1.29, 1.82) is 0 Å². The molecule has 0 aliphatic heterocycles. The highest BCUT2D eigenvalue weighted by Gasteiger charge is 2.35. The molecule has 1 aromatic rings. The Kier molecular flexibility index (Phi) is 3.64. The van der Waals surface area contributed by atoms with Gasteiger partial charge in [-0.3, -0.25) is 4.79 Å². The third-order valence-electron chi connectivity index (χ3n) is 2.87. The number of aliphatic carboxylic acids is 1. The van der Waals surface area contributed by atoms with Crippen LogP contribution in [0.25, 0.3) is 0 Å². The maximum Gasteiger partial charge on any atom is 0.320 e. The Morgan fingerprint density at radius 2 is 2.29 bits per heavy atom. The Morgan fingerprint density at radius 3 is 2.82 bits per heavy atom. The third kappa shape index (κ3) is 3.17. The summed E-state index contributed by atoms with van der Waals surface area (Å²) in [5.41, 5.74) is 0.693. The molecule has 0 aromatic heterocycles. The second-order valence-corrected chi connectivity index (χ2v) is 4.69. The zero-order chi connectivity index (χ0) is 12.4. The minimum atomic E-state index is -0.845. The van der Waals surface area contributed by atoms with E-state index in [1.165, 1.54) is 12.1 Å². The summed E-state index contributed by atoms with van der Waals surface area (Å²) < 4.78 is 13.2. The number of carboxylic acid groups (broad SMARTS) is 1. The van der Waals surface area contributed by atoms with Gasteiger partial charge < -0.3 is 10.4 Å². The highest BCUT2D eigenvalue weighted by Crippen LogP contribution is 2.32. The van der Waals surface area contributed by atoms with Crippen molar-refractivity contribution in [2.24, 2.45) is 5.92 Å². The Bertz CT molecular complexity index is 435.